The first-order valence-corrected chi connectivity index (χ1v) is 7.66. The SMILES string of the molecule is CCC1COCCN1c1cc(CCl)c2ccccc2n1. The predicted molar refractivity (Wildman–Crippen MR) is 83.5 cm³/mol. The van der Waals surface area contributed by atoms with Crippen molar-refractivity contribution < 1.29 is 4.74 Å². The maximum atomic E-state index is 6.12. The van der Waals surface area contributed by atoms with E-state index in [1.54, 1.807) is 0 Å². The number of para-hydroxylation sites is 1. The number of ether oxygens (including phenoxy) is 1. The van der Waals surface area contributed by atoms with Gasteiger partial charge in [-0.1, -0.05) is 25.1 Å². The second-order valence-corrected chi connectivity index (χ2v) is 5.39. The Kier molecular flexibility index (Phi) is 4.08. The standard InChI is InChI=1S/C16H19ClN2O/c1-2-13-11-20-8-7-19(13)16-9-12(10-17)14-5-3-4-6-15(14)18-16/h3-6,9,13H,2,7-8,10-11H2,1H3. The second kappa shape index (κ2) is 5.98. The van der Waals surface area contributed by atoms with E-state index >= 15 is 0 Å². The molecular formula is C16H19ClN2O. The van der Waals surface area contributed by atoms with Crippen LogP contribution in [0.25, 0.3) is 10.9 Å². The van der Waals surface area contributed by atoms with Crippen LogP contribution in [0.2, 0.25) is 0 Å². The number of fused-ring (bicyclic) bond motifs is 1. The molecule has 1 atom stereocenters. The zero-order valence-corrected chi connectivity index (χ0v) is 12.4. The van der Waals surface area contributed by atoms with Gasteiger partial charge in [0.25, 0.3) is 0 Å². The highest BCUT2D eigenvalue weighted by molar-refractivity contribution is 6.18. The fourth-order valence-corrected chi connectivity index (χ4v) is 3.01. The highest BCUT2D eigenvalue weighted by atomic mass is 35.5. The minimum atomic E-state index is 0.403. The third-order valence-corrected chi connectivity index (χ3v) is 4.21. The lowest BCUT2D eigenvalue weighted by molar-refractivity contribution is 0.0926. The molecule has 1 aliphatic rings. The van der Waals surface area contributed by atoms with Crippen LogP contribution in [0.5, 0.6) is 0 Å². The van der Waals surface area contributed by atoms with Gasteiger partial charge in [0.1, 0.15) is 5.82 Å². The Bertz CT molecular complexity index is 602. The third-order valence-electron chi connectivity index (χ3n) is 3.93. The number of pyridine rings is 1. The van der Waals surface area contributed by atoms with Crippen molar-refractivity contribution in [2.24, 2.45) is 0 Å². The predicted octanol–water partition coefficient (Wildman–Crippen LogP) is 3.59. The molecule has 0 spiro atoms. The van der Waals surface area contributed by atoms with Crippen LogP contribution in [0, 0.1) is 0 Å². The molecule has 20 heavy (non-hydrogen) atoms. The van der Waals surface area contributed by atoms with Gasteiger partial charge in [0.15, 0.2) is 0 Å². The molecule has 1 saturated heterocycles. The summed E-state index contributed by atoms with van der Waals surface area (Å²) in [5.41, 5.74) is 2.16. The number of hydrogen-bond donors (Lipinski definition) is 0. The summed E-state index contributed by atoms with van der Waals surface area (Å²) in [5.74, 6) is 1.53. The van der Waals surface area contributed by atoms with Crippen LogP contribution in [-0.2, 0) is 10.6 Å². The van der Waals surface area contributed by atoms with Crippen LogP contribution in [0.4, 0.5) is 5.82 Å². The molecule has 3 rings (SSSR count). The molecule has 0 bridgehead atoms. The summed E-state index contributed by atoms with van der Waals surface area (Å²) in [7, 11) is 0. The fourth-order valence-electron chi connectivity index (χ4n) is 2.78. The van der Waals surface area contributed by atoms with Crippen LogP contribution in [0.3, 0.4) is 0 Å². The lowest BCUT2D eigenvalue weighted by Gasteiger charge is -2.36. The van der Waals surface area contributed by atoms with Crippen molar-refractivity contribution in [1.82, 2.24) is 4.98 Å². The van der Waals surface area contributed by atoms with E-state index in [0.717, 1.165) is 48.5 Å². The average Bonchev–Trinajstić information content (AvgIpc) is 2.53. The van der Waals surface area contributed by atoms with Gasteiger partial charge in [0, 0.05) is 17.8 Å². The van der Waals surface area contributed by atoms with Gasteiger partial charge in [0.05, 0.1) is 24.8 Å². The van der Waals surface area contributed by atoms with Crippen molar-refractivity contribution in [3.05, 3.63) is 35.9 Å². The normalized spacial score (nSPS) is 19.5. The van der Waals surface area contributed by atoms with E-state index < -0.39 is 0 Å². The van der Waals surface area contributed by atoms with Crippen molar-refractivity contribution in [1.29, 1.82) is 0 Å². The Hall–Kier alpha value is -1.32. The molecule has 3 nitrogen and oxygen atoms in total. The number of morpholine rings is 1. The first-order chi connectivity index (χ1) is 9.83. The van der Waals surface area contributed by atoms with Gasteiger partial charge in [0.2, 0.25) is 0 Å². The quantitative estimate of drug-likeness (QED) is 0.808. The molecule has 0 aliphatic carbocycles. The van der Waals surface area contributed by atoms with E-state index in [9.17, 15) is 0 Å². The summed E-state index contributed by atoms with van der Waals surface area (Å²) in [5, 5.41) is 1.15. The zero-order valence-electron chi connectivity index (χ0n) is 11.7. The van der Waals surface area contributed by atoms with Crippen LogP contribution in [0.15, 0.2) is 30.3 Å². The number of nitrogens with zero attached hydrogens (tertiary/aromatic N) is 2. The maximum absolute atomic E-state index is 6.12. The first kappa shape index (κ1) is 13.7. The minimum Gasteiger partial charge on any atom is -0.377 e. The molecule has 1 aromatic heterocycles. The molecule has 106 valence electrons. The molecule has 0 amide bonds. The molecule has 4 heteroatoms. The van der Waals surface area contributed by atoms with Crippen LogP contribution < -0.4 is 4.90 Å². The van der Waals surface area contributed by atoms with Gasteiger partial charge >= 0.3 is 0 Å². The summed E-state index contributed by atoms with van der Waals surface area (Å²) in [6.45, 7) is 4.63. The molecular weight excluding hydrogens is 272 g/mol. The Labute approximate surface area is 124 Å². The average molecular weight is 291 g/mol. The Morgan fingerprint density at radius 3 is 3.05 bits per heavy atom. The summed E-state index contributed by atoms with van der Waals surface area (Å²) < 4.78 is 5.57. The molecule has 0 saturated carbocycles. The first-order valence-electron chi connectivity index (χ1n) is 7.12. The van der Waals surface area contributed by atoms with Gasteiger partial charge in [-0.25, -0.2) is 4.98 Å². The third kappa shape index (κ3) is 2.48. The molecule has 2 aromatic rings. The second-order valence-electron chi connectivity index (χ2n) is 5.12. The van der Waals surface area contributed by atoms with Gasteiger partial charge in [-0.15, -0.1) is 11.6 Å². The lowest BCUT2D eigenvalue weighted by Crippen LogP contribution is -2.45. The van der Waals surface area contributed by atoms with Crippen molar-refractivity contribution >= 4 is 28.3 Å². The van der Waals surface area contributed by atoms with Gasteiger partial charge in [-0.3, -0.25) is 0 Å². The smallest absolute Gasteiger partial charge is 0.129 e. The Balaban J connectivity index is 2.06. The highest BCUT2D eigenvalue weighted by Gasteiger charge is 2.23. The number of halogens is 1. The van der Waals surface area contributed by atoms with Crippen LogP contribution in [-0.4, -0.2) is 30.8 Å². The molecule has 1 aliphatic heterocycles. The van der Waals surface area contributed by atoms with Crippen LogP contribution in [0.1, 0.15) is 18.9 Å². The summed E-state index contributed by atoms with van der Waals surface area (Å²) in [4.78, 5) is 7.17. The summed E-state index contributed by atoms with van der Waals surface area (Å²) in [6.07, 6.45) is 1.06. The molecule has 0 radical (unpaired) electrons. The maximum Gasteiger partial charge on any atom is 0.129 e. The Morgan fingerprint density at radius 2 is 2.25 bits per heavy atom. The van der Waals surface area contributed by atoms with E-state index in [-0.39, 0.29) is 0 Å². The van der Waals surface area contributed by atoms with E-state index in [1.165, 1.54) is 0 Å². The highest BCUT2D eigenvalue weighted by Crippen LogP contribution is 2.26. The van der Waals surface area contributed by atoms with Crippen molar-refractivity contribution in [2.75, 3.05) is 24.7 Å². The van der Waals surface area contributed by atoms with E-state index in [4.69, 9.17) is 21.3 Å². The number of hydrogen-bond acceptors (Lipinski definition) is 3. The molecule has 2 heterocycles. The van der Waals surface area contributed by atoms with E-state index in [1.807, 2.05) is 12.1 Å². The van der Waals surface area contributed by atoms with Gasteiger partial charge in [-0.2, -0.15) is 0 Å². The van der Waals surface area contributed by atoms with Crippen LogP contribution >= 0.6 is 11.6 Å². The number of alkyl halides is 1. The largest absolute Gasteiger partial charge is 0.377 e. The van der Waals surface area contributed by atoms with Crippen molar-refractivity contribution in [3.8, 4) is 0 Å². The molecule has 1 unspecified atom stereocenters. The monoisotopic (exact) mass is 290 g/mol. The van der Waals surface area contributed by atoms with E-state index in [0.29, 0.717) is 11.9 Å². The van der Waals surface area contributed by atoms with Crippen molar-refractivity contribution in [2.45, 2.75) is 25.3 Å². The zero-order chi connectivity index (χ0) is 13.9. The van der Waals surface area contributed by atoms with Gasteiger partial charge < -0.3 is 9.64 Å². The number of benzene rings is 1. The number of anilines is 1. The number of rotatable bonds is 3. The fraction of sp³-hybridized carbons (Fsp3) is 0.438. The molecule has 0 N–H and O–H groups in total. The Morgan fingerprint density at radius 1 is 1.40 bits per heavy atom. The summed E-state index contributed by atoms with van der Waals surface area (Å²) in [6, 6.07) is 10.7. The summed E-state index contributed by atoms with van der Waals surface area (Å²) >= 11 is 6.12. The lowest BCUT2D eigenvalue weighted by atomic mass is 10.1. The number of aromatic nitrogens is 1. The molecule has 1 aromatic carbocycles. The topological polar surface area (TPSA) is 25.4 Å². The molecule has 1 fully saturated rings. The van der Waals surface area contributed by atoms with E-state index in [2.05, 4.69) is 30.0 Å². The van der Waals surface area contributed by atoms with Crippen molar-refractivity contribution in [3.63, 3.8) is 0 Å². The minimum absolute atomic E-state index is 0.403. The van der Waals surface area contributed by atoms with Gasteiger partial charge in [-0.05, 0) is 24.1 Å².